The summed E-state index contributed by atoms with van der Waals surface area (Å²) in [5, 5.41) is 42.5. The predicted octanol–water partition coefficient (Wildman–Crippen LogP) is 1.40. The second kappa shape index (κ2) is 10.5. The number of aliphatic hydroxyl groups excluding tert-OH is 2. The molecule has 11 heteroatoms. The van der Waals surface area contributed by atoms with Gasteiger partial charge >= 0.3 is 5.97 Å². The molecule has 0 unspecified atom stereocenters. The van der Waals surface area contributed by atoms with Crippen LogP contribution in [-0.2, 0) is 19.2 Å². The third-order valence-corrected chi connectivity index (χ3v) is 10.0. The molecule has 5 N–H and O–H groups in total. The van der Waals surface area contributed by atoms with Gasteiger partial charge in [-0.05, 0) is 56.6 Å². The maximum absolute atomic E-state index is 16.9. The minimum atomic E-state index is -1.98. The van der Waals surface area contributed by atoms with E-state index in [1.54, 1.807) is 26.8 Å². The molecule has 0 aromatic carbocycles. The van der Waals surface area contributed by atoms with Crippen LogP contribution in [0.25, 0.3) is 0 Å². The second-order valence-electron chi connectivity index (χ2n) is 11.5. The summed E-state index contributed by atoms with van der Waals surface area (Å²) in [5.41, 5.74) is -5.17. The summed E-state index contributed by atoms with van der Waals surface area (Å²) in [6.45, 7) is 5.74. The number of fused-ring (bicyclic) bond motifs is 5. The lowest BCUT2D eigenvalue weighted by molar-refractivity contribution is -0.219. The molecule has 3 saturated carbocycles. The number of carbonyl (C=O) groups is 4. The fourth-order valence-corrected chi connectivity index (χ4v) is 7.94. The molecule has 9 nitrogen and oxygen atoms in total. The standard InChI is InChI=1S/C22H29FO5.C5H9NO3S/c1-12-8-16-15-5-4-13-9-14(25)6-7-19(13,2)21(15,23)17(26)10-20(16,3)22(12,28)18(27)11-24;1-3(7)6-4(2-10)5(8)9/h6-7,9,12,15-17,24,26,28H,4-5,8,10-11H2,1-3H3;4,10H,2H2,1H3,(H,6,7)(H,8,9)/t12-,15+,16+,17+,19+,20+,21+,22+;4-/m10/s1. The van der Waals surface area contributed by atoms with Crippen LogP contribution in [0.5, 0.6) is 0 Å². The number of carboxylic acid groups (broad SMARTS) is 1. The Labute approximate surface area is 227 Å². The minimum Gasteiger partial charge on any atom is -0.480 e. The first-order valence-electron chi connectivity index (χ1n) is 12.8. The molecule has 0 bridgehead atoms. The Morgan fingerprint density at radius 1 is 1.26 bits per heavy atom. The Balaban J connectivity index is 0.000000342. The van der Waals surface area contributed by atoms with Gasteiger partial charge in [0.15, 0.2) is 17.2 Å². The first-order valence-corrected chi connectivity index (χ1v) is 13.5. The maximum atomic E-state index is 16.9. The van der Waals surface area contributed by atoms with Crippen molar-refractivity contribution in [3.05, 3.63) is 23.8 Å². The molecule has 9 atom stereocenters. The Morgan fingerprint density at radius 3 is 2.39 bits per heavy atom. The van der Waals surface area contributed by atoms with Gasteiger partial charge in [-0.3, -0.25) is 14.4 Å². The molecule has 0 heterocycles. The van der Waals surface area contributed by atoms with E-state index in [0.29, 0.717) is 24.8 Å². The van der Waals surface area contributed by atoms with Crippen molar-refractivity contribution in [2.24, 2.45) is 28.6 Å². The number of hydrogen-bond donors (Lipinski definition) is 6. The molecular formula is C27H38FNO8S. The van der Waals surface area contributed by atoms with Crippen molar-refractivity contribution in [1.82, 2.24) is 5.32 Å². The first-order chi connectivity index (χ1) is 17.5. The zero-order valence-electron chi connectivity index (χ0n) is 22.1. The molecule has 212 valence electrons. The Hall–Kier alpha value is -2.08. The van der Waals surface area contributed by atoms with Crippen molar-refractivity contribution < 1.29 is 44.0 Å². The van der Waals surface area contributed by atoms with Crippen LogP contribution < -0.4 is 5.32 Å². The number of thiol groups is 1. The molecule has 4 aliphatic carbocycles. The zero-order valence-corrected chi connectivity index (χ0v) is 23.0. The van der Waals surface area contributed by atoms with Gasteiger partial charge in [0.1, 0.15) is 18.2 Å². The summed E-state index contributed by atoms with van der Waals surface area (Å²) >= 11 is 3.73. The number of ketones is 2. The van der Waals surface area contributed by atoms with Gasteiger partial charge in [0.2, 0.25) is 5.91 Å². The summed E-state index contributed by atoms with van der Waals surface area (Å²) in [6, 6.07) is -0.874. The number of nitrogens with one attached hydrogen (secondary N) is 1. The largest absolute Gasteiger partial charge is 0.480 e. The summed E-state index contributed by atoms with van der Waals surface area (Å²) in [5.74, 6) is -3.44. The third kappa shape index (κ3) is 4.35. The van der Waals surface area contributed by atoms with Gasteiger partial charge < -0.3 is 25.7 Å². The molecule has 4 aliphatic rings. The van der Waals surface area contributed by atoms with Crippen molar-refractivity contribution in [1.29, 1.82) is 0 Å². The monoisotopic (exact) mass is 555 g/mol. The highest BCUT2D eigenvalue weighted by Crippen LogP contribution is 2.70. The lowest BCUT2D eigenvalue weighted by atomic mass is 9.44. The maximum Gasteiger partial charge on any atom is 0.327 e. The zero-order chi connectivity index (χ0) is 28.8. The van der Waals surface area contributed by atoms with Crippen LogP contribution in [0.1, 0.15) is 53.4 Å². The van der Waals surface area contributed by atoms with E-state index in [2.05, 4.69) is 17.9 Å². The number of amides is 1. The number of alkyl halides is 1. The number of allylic oxidation sites excluding steroid dienone is 4. The summed E-state index contributed by atoms with van der Waals surface area (Å²) in [6.07, 6.45) is 4.44. The van der Waals surface area contributed by atoms with Gasteiger partial charge in [-0.25, -0.2) is 9.18 Å². The van der Waals surface area contributed by atoms with E-state index >= 15 is 4.39 Å². The van der Waals surface area contributed by atoms with Gasteiger partial charge in [-0.15, -0.1) is 0 Å². The number of halogens is 1. The molecule has 3 fully saturated rings. The predicted molar refractivity (Wildman–Crippen MR) is 139 cm³/mol. The van der Waals surface area contributed by atoms with Crippen LogP contribution in [0.3, 0.4) is 0 Å². The number of rotatable bonds is 5. The van der Waals surface area contributed by atoms with Gasteiger partial charge in [-0.2, -0.15) is 12.6 Å². The van der Waals surface area contributed by atoms with E-state index in [4.69, 9.17) is 5.11 Å². The highest BCUT2D eigenvalue weighted by molar-refractivity contribution is 7.80. The van der Waals surface area contributed by atoms with Crippen molar-refractivity contribution in [2.45, 2.75) is 76.8 Å². The lowest BCUT2D eigenvalue weighted by Crippen LogP contribution is -2.69. The van der Waals surface area contributed by atoms with Gasteiger partial charge in [0, 0.05) is 29.4 Å². The van der Waals surface area contributed by atoms with E-state index in [-0.39, 0.29) is 29.8 Å². The highest BCUT2D eigenvalue weighted by atomic mass is 32.1. The van der Waals surface area contributed by atoms with E-state index in [1.807, 2.05) is 0 Å². The van der Waals surface area contributed by atoms with Crippen molar-refractivity contribution >= 4 is 36.1 Å². The van der Waals surface area contributed by atoms with Gasteiger partial charge in [-0.1, -0.05) is 25.5 Å². The molecule has 0 aromatic heterocycles. The molecule has 0 radical (unpaired) electrons. The normalized spacial score (nSPS) is 41.9. The number of hydrogen-bond acceptors (Lipinski definition) is 8. The van der Waals surface area contributed by atoms with Crippen LogP contribution in [0.2, 0.25) is 0 Å². The second-order valence-corrected chi connectivity index (χ2v) is 11.9. The Bertz CT molecular complexity index is 1080. The number of aliphatic hydroxyl groups is 3. The molecule has 0 aromatic rings. The molecule has 0 aliphatic heterocycles. The van der Waals surface area contributed by atoms with Crippen LogP contribution in [0.4, 0.5) is 4.39 Å². The summed E-state index contributed by atoms with van der Waals surface area (Å²) in [4.78, 5) is 44.9. The Morgan fingerprint density at radius 2 is 1.89 bits per heavy atom. The van der Waals surface area contributed by atoms with Crippen LogP contribution in [-0.4, -0.2) is 79.6 Å². The molecule has 4 rings (SSSR count). The Kier molecular flexibility index (Phi) is 8.40. The number of aliphatic carboxylic acids is 1. The molecule has 0 spiro atoms. The fraction of sp³-hybridized carbons (Fsp3) is 0.704. The first kappa shape index (κ1) is 30.5. The fourth-order valence-electron chi connectivity index (χ4n) is 7.69. The molecule has 1 amide bonds. The topological polar surface area (TPSA) is 161 Å². The molecule has 0 saturated heterocycles. The van der Waals surface area contributed by atoms with Crippen molar-refractivity contribution in [3.8, 4) is 0 Å². The number of carboxylic acids is 1. The number of Topliss-reactive ketones (excluding diaryl/α,β-unsaturated/α-hetero) is 1. The smallest absolute Gasteiger partial charge is 0.327 e. The summed E-state index contributed by atoms with van der Waals surface area (Å²) < 4.78 is 16.9. The molecule has 38 heavy (non-hydrogen) atoms. The SMILES string of the molecule is CC(=O)N[C@@H](CS)C(=O)O.C[C@@H]1C[C@H]2[C@@H]3CCC4=CC(=O)C=C[C@]4(C)[C@@]3(F)[C@@H](O)C[C@]2(C)[C@@]1(O)C(=O)CO. The average Bonchev–Trinajstić information content (AvgIpc) is 3.05. The molecular weight excluding hydrogens is 517 g/mol. The van der Waals surface area contributed by atoms with E-state index < -0.39 is 64.4 Å². The van der Waals surface area contributed by atoms with Crippen LogP contribution in [0.15, 0.2) is 23.8 Å². The average molecular weight is 556 g/mol. The van der Waals surface area contributed by atoms with Crippen molar-refractivity contribution in [2.75, 3.05) is 12.4 Å². The summed E-state index contributed by atoms with van der Waals surface area (Å²) in [7, 11) is 0. The van der Waals surface area contributed by atoms with E-state index in [9.17, 15) is 34.5 Å². The van der Waals surface area contributed by atoms with Gasteiger partial charge in [0.05, 0.1) is 6.10 Å². The minimum absolute atomic E-state index is 0.0676. The van der Waals surface area contributed by atoms with E-state index in [0.717, 1.165) is 0 Å². The van der Waals surface area contributed by atoms with E-state index in [1.165, 1.54) is 19.1 Å². The number of carbonyl (C=O) groups excluding carboxylic acids is 3. The van der Waals surface area contributed by atoms with Crippen LogP contribution in [0, 0.1) is 28.6 Å². The van der Waals surface area contributed by atoms with Crippen molar-refractivity contribution in [3.63, 3.8) is 0 Å². The lowest BCUT2D eigenvalue weighted by Gasteiger charge is -2.62. The highest BCUT2D eigenvalue weighted by Gasteiger charge is 2.75. The van der Waals surface area contributed by atoms with Crippen LogP contribution >= 0.6 is 12.6 Å². The van der Waals surface area contributed by atoms with Gasteiger partial charge in [0.25, 0.3) is 0 Å². The quantitative estimate of drug-likeness (QED) is 0.278. The third-order valence-electron chi connectivity index (χ3n) is 9.65.